The Morgan fingerprint density at radius 2 is 1.83 bits per heavy atom. The maximum absolute atomic E-state index is 13.8. The number of nitrogens with zero attached hydrogens (tertiary/aromatic N) is 1. The van der Waals surface area contributed by atoms with Gasteiger partial charge in [-0.15, -0.1) is 11.3 Å². The largest absolute Gasteiger partial charge is 0.331 e. The molecule has 1 aliphatic heterocycles. The smallest absolute Gasteiger partial charge is 0.261 e. The average molecular weight is 431 g/mol. The number of nitrogens with one attached hydrogen (secondary N) is 1. The van der Waals surface area contributed by atoms with E-state index in [2.05, 4.69) is 4.72 Å². The summed E-state index contributed by atoms with van der Waals surface area (Å²) in [5.74, 6) is -0.775. The first-order chi connectivity index (χ1) is 14.0. The zero-order valence-corrected chi connectivity index (χ0v) is 17.0. The molecule has 0 saturated carbocycles. The van der Waals surface area contributed by atoms with Gasteiger partial charge in [0.2, 0.25) is 0 Å². The minimum absolute atomic E-state index is 0.0338. The molecular weight excluding hydrogens is 411 g/mol. The third-order valence-electron chi connectivity index (χ3n) is 4.92. The van der Waals surface area contributed by atoms with E-state index in [4.69, 9.17) is 0 Å². The Kier molecular flexibility index (Phi) is 5.38. The van der Waals surface area contributed by atoms with Gasteiger partial charge in [-0.3, -0.25) is 9.52 Å². The van der Waals surface area contributed by atoms with Crippen molar-refractivity contribution >= 4 is 33.0 Å². The molecule has 2 aromatic carbocycles. The Balaban J connectivity index is 1.53. The van der Waals surface area contributed by atoms with Crippen LogP contribution in [0.1, 0.15) is 34.1 Å². The second-order valence-corrected chi connectivity index (χ2v) is 9.44. The van der Waals surface area contributed by atoms with Crippen molar-refractivity contribution < 1.29 is 17.6 Å². The molecule has 0 bridgehead atoms. The van der Waals surface area contributed by atoms with E-state index in [1.807, 2.05) is 22.4 Å². The second-order valence-electron chi connectivity index (χ2n) is 6.78. The van der Waals surface area contributed by atoms with Crippen molar-refractivity contribution in [2.45, 2.75) is 23.8 Å². The van der Waals surface area contributed by atoms with E-state index in [0.29, 0.717) is 12.1 Å². The summed E-state index contributed by atoms with van der Waals surface area (Å²) in [4.78, 5) is 15.9. The fraction of sp³-hybridized carbons (Fsp3) is 0.190. The summed E-state index contributed by atoms with van der Waals surface area (Å²) in [6.07, 6.45) is 1.86. The van der Waals surface area contributed by atoms with Crippen LogP contribution in [-0.2, 0) is 10.0 Å². The normalized spacial score (nSPS) is 16.7. The summed E-state index contributed by atoms with van der Waals surface area (Å²) in [5, 5.41) is 2.00. The Bertz CT molecular complexity index is 1110. The number of carbonyl (C=O) groups excluding carboxylic acids is 1. The molecule has 1 saturated heterocycles. The molecule has 0 aliphatic carbocycles. The molecular formula is C21H19FN2O3S2. The number of amides is 1. The van der Waals surface area contributed by atoms with Gasteiger partial charge in [0, 0.05) is 17.0 Å². The zero-order valence-electron chi connectivity index (χ0n) is 15.4. The van der Waals surface area contributed by atoms with Crippen molar-refractivity contribution in [3.63, 3.8) is 0 Å². The van der Waals surface area contributed by atoms with Gasteiger partial charge in [0.1, 0.15) is 5.82 Å². The van der Waals surface area contributed by atoms with Crippen molar-refractivity contribution in [2.75, 3.05) is 11.3 Å². The number of anilines is 1. The Labute approximate surface area is 172 Å². The number of halogens is 1. The summed E-state index contributed by atoms with van der Waals surface area (Å²) in [7, 11) is -3.96. The van der Waals surface area contributed by atoms with E-state index in [1.165, 1.54) is 42.5 Å². The molecule has 3 aromatic rings. The van der Waals surface area contributed by atoms with Crippen LogP contribution in [0.25, 0.3) is 0 Å². The van der Waals surface area contributed by atoms with E-state index in [9.17, 15) is 17.6 Å². The van der Waals surface area contributed by atoms with Crippen molar-refractivity contribution in [3.8, 4) is 0 Å². The molecule has 2 heterocycles. The molecule has 8 heteroatoms. The van der Waals surface area contributed by atoms with E-state index in [-0.39, 0.29) is 22.5 Å². The van der Waals surface area contributed by atoms with E-state index in [1.54, 1.807) is 17.4 Å². The molecule has 1 aromatic heterocycles. The number of hydrogen-bond donors (Lipinski definition) is 1. The molecule has 1 N–H and O–H groups in total. The molecule has 4 rings (SSSR count). The predicted molar refractivity (Wildman–Crippen MR) is 111 cm³/mol. The van der Waals surface area contributed by atoms with Gasteiger partial charge in [0.05, 0.1) is 16.6 Å². The summed E-state index contributed by atoms with van der Waals surface area (Å²) in [5.41, 5.74) is 0.307. The van der Waals surface area contributed by atoms with Crippen LogP contribution in [0, 0.1) is 5.82 Å². The topological polar surface area (TPSA) is 66.5 Å². The fourth-order valence-electron chi connectivity index (χ4n) is 3.48. The van der Waals surface area contributed by atoms with Gasteiger partial charge < -0.3 is 4.90 Å². The zero-order chi connectivity index (χ0) is 20.4. The highest BCUT2D eigenvalue weighted by Crippen LogP contribution is 2.35. The van der Waals surface area contributed by atoms with Crippen LogP contribution in [0.4, 0.5) is 10.1 Å². The van der Waals surface area contributed by atoms with Gasteiger partial charge in [0.25, 0.3) is 15.9 Å². The number of rotatable bonds is 5. The lowest BCUT2D eigenvalue weighted by Crippen LogP contribution is -2.30. The highest BCUT2D eigenvalue weighted by Gasteiger charge is 2.31. The Hall–Kier alpha value is -2.71. The maximum Gasteiger partial charge on any atom is 0.261 e. The van der Waals surface area contributed by atoms with Crippen LogP contribution in [0.2, 0.25) is 0 Å². The van der Waals surface area contributed by atoms with Gasteiger partial charge >= 0.3 is 0 Å². The average Bonchev–Trinajstić information content (AvgIpc) is 3.40. The first kappa shape index (κ1) is 19.6. The second kappa shape index (κ2) is 7.96. The number of thiophene rings is 1. The molecule has 1 unspecified atom stereocenters. The fourth-order valence-corrected chi connectivity index (χ4v) is 5.42. The monoisotopic (exact) mass is 430 g/mol. The third kappa shape index (κ3) is 4.04. The number of sulfonamides is 1. The minimum atomic E-state index is -3.96. The standard InChI is InChI=1S/C21H19FN2O3S2/c22-17-5-1-2-6-18(17)23-29(26,27)16-11-9-15(10-12-16)21(25)24-13-3-7-19(24)20-8-4-14-28-20/h1-2,4-6,8-12,14,19,23H,3,7,13H2. The van der Waals surface area contributed by atoms with Crippen molar-refractivity contribution in [3.05, 3.63) is 82.3 Å². The number of benzene rings is 2. The van der Waals surface area contributed by atoms with Crippen LogP contribution in [0.15, 0.2) is 70.9 Å². The highest BCUT2D eigenvalue weighted by molar-refractivity contribution is 7.92. The molecule has 1 fully saturated rings. The first-order valence-corrected chi connectivity index (χ1v) is 11.5. The molecule has 150 valence electrons. The molecule has 1 aliphatic rings. The lowest BCUT2D eigenvalue weighted by atomic mass is 10.1. The van der Waals surface area contributed by atoms with E-state index >= 15 is 0 Å². The minimum Gasteiger partial charge on any atom is -0.331 e. The maximum atomic E-state index is 13.8. The van der Waals surface area contributed by atoms with Crippen LogP contribution in [-0.4, -0.2) is 25.8 Å². The molecule has 0 spiro atoms. The highest BCUT2D eigenvalue weighted by atomic mass is 32.2. The Morgan fingerprint density at radius 3 is 2.52 bits per heavy atom. The summed E-state index contributed by atoms with van der Waals surface area (Å²) in [6.45, 7) is 0.677. The number of carbonyl (C=O) groups is 1. The van der Waals surface area contributed by atoms with Gasteiger partial charge in [-0.1, -0.05) is 18.2 Å². The summed E-state index contributed by atoms with van der Waals surface area (Å²) in [6, 6.07) is 15.4. The lowest BCUT2D eigenvalue weighted by Gasteiger charge is -2.24. The van der Waals surface area contributed by atoms with E-state index < -0.39 is 15.8 Å². The Morgan fingerprint density at radius 1 is 1.07 bits per heavy atom. The summed E-state index contributed by atoms with van der Waals surface area (Å²) >= 11 is 1.63. The van der Waals surface area contributed by atoms with Crippen LogP contribution < -0.4 is 4.72 Å². The SMILES string of the molecule is O=C(c1ccc(S(=O)(=O)Nc2ccccc2F)cc1)N1CCCC1c1cccs1. The van der Waals surface area contributed by atoms with Crippen LogP contribution in [0.5, 0.6) is 0 Å². The molecule has 0 radical (unpaired) electrons. The number of hydrogen-bond acceptors (Lipinski definition) is 4. The third-order valence-corrected chi connectivity index (χ3v) is 7.27. The van der Waals surface area contributed by atoms with E-state index in [0.717, 1.165) is 17.7 Å². The van der Waals surface area contributed by atoms with Gasteiger partial charge in [-0.2, -0.15) is 0 Å². The lowest BCUT2D eigenvalue weighted by molar-refractivity contribution is 0.0738. The van der Waals surface area contributed by atoms with Crippen LogP contribution >= 0.6 is 11.3 Å². The van der Waals surface area contributed by atoms with Gasteiger partial charge in [-0.05, 0) is 60.7 Å². The molecule has 1 atom stereocenters. The number of likely N-dealkylation sites (tertiary alicyclic amines) is 1. The van der Waals surface area contributed by atoms with Crippen molar-refractivity contribution in [1.29, 1.82) is 0 Å². The quantitative estimate of drug-likeness (QED) is 0.640. The van der Waals surface area contributed by atoms with Crippen molar-refractivity contribution in [2.24, 2.45) is 0 Å². The van der Waals surface area contributed by atoms with Gasteiger partial charge in [0.15, 0.2) is 0 Å². The van der Waals surface area contributed by atoms with Gasteiger partial charge in [-0.25, -0.2) is 12.8 Å². The van der Waals surface area contributed by atoms with Crippen molar-refractivity contribution in [1.82, 2.24) is 4.90 Å². The summed E-state index contributed by atoms with van der Waals surface area (Å²) < 4.78 is 41.0. The molecule has 1 amide bonds. The van der Waals surface area contributed by atoms with Crippen LogP contribution in [0.3, 0.4) is 0 Å². The molecule has 5 nitrogen and oxygen atoms in total. The first-order valence-electron chi connectivity index (χ1n) is 9.17. The predicted octanol–water partition coefficient (Wildman–Crippen LogP) is 4.67. The number of para-hydroxylation sites is 1. The molecule has 29 heavy (non-hydrogen) atoms.